The summed E-state index contributed by atoms with van der Waals surface area (Å²) in [5.41, 5.74) is 0.779. The van der Waals surface area contributed by atoms with Crippen LogP contribution >= 0.6 is 0 Å². The Labute approximate surface area is 99.8 Å². The quantitative estimate of drug-likeness (QED) is 0.562. The molecule has 1 heterocycles. The lowest BCUT2D eigenvalue weighted by Gasteiger charge is -2.02. The summed E-state index contributed by atoms with van der Waals surface area (Å²) in [7, 11) is 0. The van der Waals surface area contributed by atoms with E-state index in [4.69, 9.17) is 0 Å². The van der Waals surface area contributed by atoms with Crippen LogP contribution in [-0.2, 0) is 17.8 Å². The van der Waals surface area contributed by atoms with E-state index in [9.17, 15) is 14.9 Å². The van der Waals surface area contributed by atoms with Crippen LogP contribution < -0.4 is 0 Å². The maximum Gasteiger partial charge on any atom is 0.313 e. The monoisotopic (exact) mass is 239 g/mol. The molecule has 0 saturated carbocycles. The van der Waals surface area contributed by atoms with Gasteiger partial charge in [0.1, 0.15) is 17.2 Å². The topological polar surface area (TPSA) is 78.0 Å². The lowest BCUT2D eigenvalue weighted by Crippen LogP contribution is -2.10. The van der Waals surface area contributed by atoms with Gasteiger partial charge in [0.15, 0.2) is 0 Å². The minimum atomic E-state index is -0.455. The molecule has 0 spiro atoms. The van der Waals surface area contributed by atoms with E-state index in [-0.39, 0.29) is 17.9 Å². The lowest BCUT2D eigenvalue weighted by molar-refractivity contribution is -0.386. The second kappa shape index (κ2) is 5.56. The third kappa shape index (κ3) is 2.89. The molecule has 0 fully saturated rings. The Bertz CT molecular complexity index is 437. The number of Topliss-reactive ketones (excluding diaryl/α,β-unsaturated/α-hetero) is 1. The zero-order chi connectivity index (χ0) is 13.0. The van der Waals surface area contributed by atoms with Gasteiger partial charge in [-0.15, -0.1) is 0 Å². The molecule has 0 radical (unpaired) electrons. The number of aromatic nitrogens is 2. The molecule has 0 bridgehead atoms. The van der Waals surface area contributed by atoms with Gasteiger partial charge >= 0.3 is 5.69 Å². The minimum Gasteiger partial charge on any atom is -0.299 e. The summed E-state index contributed by atoms with van der Waals surface area (Å²) in [6.07, 6.45) is 1.30. The molecule has 0 atom stereocenters. The molecule has 6 nitrogen and oxygen atoms in total. The van der Waals surface area contributed by atoms with Crippen LogP contribution in [0, 0.1) is 17.0 Å². The number of carbonyl (C=O) groups excluding carboxylic acids is 1. The van der Waals surface area contributed by atoms with E-state index in [0.717, 1.165) is 6.42 Å². The highest BCUT2D eigenvalue weighted by Gasteiger charge is 2.25. The number of nitrogens with zero attached hydrogens (tertiary/aromatic N) is 3. The summed E-state index contributed by atoms with van der Waals surface area (Å²) in [4.78, 5) is 22.1. The van der Waals surface area contributed by atoms with Crippen molar-refractivity contribution in [1.82, 2.24) is 9.78 Å². The van der Waals surface area contributed by atoms with Gasteiger partial charge in [-0.05, 0) is 20.3 Å². The third-order valence-electron chi connectivity index (χ3n) is 2.57. The van der Waals surface area contributed by atoms with Crippen LogP contribution in [0.15, 0.2) is 0 Å². The predicted octanol–water partition coefficient (Wildman–Crippen LogP) is 2.03. The second-order valence-corrected chi connectivity index (χ2v) is 3.92. The van der Waals surface area contributed by atoms with Gasteiger partial charge in [0.25, 0.3) is 0 Å². The van der Waals surface area contributed by atoms with E-state index in [1.807, 2.05) is 13.8 Å². The first-order valence-electron chi connectivity index (χ1n) is 5.73. The number of hydrogen-bond donors (Lipinski definition) is 0. The van der Waals surface area contributed by atoms with E-state index in [0.29, 0.717) is 24.4 Å². The van der Waals surface area contributed by atoms with E-state index in [2.05, 4.69) is 5.10 Å². The highest BCUT2D eigenvalue weighted by atomic mass is 16.6. The molecular weight excluding hydrogens is 222 g/mol. The summed E-state index contributed by atoms with van der Waals surface area (Å²) in [6.45, 7) is 5.89. The summed E-state index contributed by atoms with van der Waals surface area (Å²) >= 11 is 0. The van der Waals surface area contributed by atoms with Crippen molar-refractivity contribution in [2.45, 2.75) is 46.6 Å². The van der Waals surface area contributed by atoms with Crippen molar-refractivity contribution in [2.24, 2.45) is 0 Å². The first-order chi connectivity index (χ1) is 8.01. The van der Waals surface area contributed by atoms with E-state index in [1.165, 1.54) is 0 Å². The Balaban J connectivity index is 3.10. The zero-order valence-corrected chi connectivity index (χ0v) is 10.4. The van der Waals surface area contributed by atoms with E-state index >= 15 is 0 Å². The highest BCUT2D eigenvalue weighted by Crippen LogP contribution is 2.23. The van der Waals surface area contributed by atoms with E-state index < -0.39 is 4.92 Å². The first kappa shape index (κ1) is 13.3. The molecule has 1 aromatic rings. The molecule has 1 aromatic heterocycles. The molecule has 0 aliphatic rings. The maximum absolute atomic E-state index is 11.6. The second-order valence-electron chi connectivity index (χ2n) is 3.92. The number of ketones is 1. The normalized spacial score (nSPS) is 10.5. The summed E-state index contributed by atoms with van der Waals surface area (Å²) in [5, 5.41) is 15.0. The van der Waals surface area contributed by atoms with Crippen LogP contribution in [0.3, 0.4) is 0 Å². The third-order valence-corrected chi connectivity index (χ3v) is 2.57. The molecular formula is C11H17N3O3. The summed E-state index contributed by atoms with van der Waals surface area (Å²) in [6, 6.07) is 0. The number of aryl methyl sites for hydroxylation is 2. The number of hydrogen-bond acceptors (Lipinski definition) is 4. The van der Waals surface area contributed by atoms with Crippen LogP contribution in [0.5, 0.6) is 0 Å². The Morgan fingerprint density at radius 2 is 2.12 bits per heavy atom. The zero-order valence-electron chi connectivity index (χ0n) is 10.4. The molecule has 0 saturated heterocycles. The largest absolute Gasteiger partial charge is 0.313 e. The fourth-order valence-electron chi connectivity index (χ4n) is 1.85. The van der Waals surface area contributed by atoms with Crippen LogP contribution in [0.4, 0.5) is 5.69 Å². The van der Waals surface area contributed by atoms with E-state index in [1.54, 1.807) is 11.6 Å². The minimum absolute atomic E-state index is 0.0173. The molecule has 0 aliphatic heterocycles. The summed E-state index contributed by atoms with van der Waals surface area (Å²) in [5.74, 6) is 0.0187. The van der Waals surface area contributed by atoms with Crippen LogP contribution in [-0.4, -0.2) is 20.5 Å². The van der Waals surface area contributed by atoms with Crippen LogP contribution in [0.25, 0.3) is 0 Å². The van der Waals surface area contributed by atoms with Gasteiger partial charge in [-0.3, -0.25) is 19.6 Å². The van der Waals surface area contributed by atoms with Gasteiger partial charge in [-0.25, -0.2) is 0 Å². The molecule has 0 aliphatic carbocycles. The Kier molecular flexibility index (Phi) is 4.37. The van der Waals surface area contributed by atoms with Gasteiger partial charge in [0, 0.05) is 13.0 Å². The molecule has 6 heteroatoms. The number of nitro groups is 1. The molecule has 1 rings (SSSR count). The molecule has 0 aromatic carbocycles. The van der Waals surface area contributed by atoms with Gasteiger partial charge in [-0.1, -0.05) is 6.92 Å². The van der Waals surface area contributed by atoms with Crippen molar-refractivity contribution in [1.29, 1.82) is 0 Å². The van der Waals surface area contributed by atoms with Crippen molar-refractivity contribution in [3.63, 3.8) is 0 Å². The Hall–Kier alpha value is -1.72. The van der Waals surface area contributed by atoms with Gasteiger partial charge in [0.05, 0.1) is 11.3 Å². The lowest BCUT2D eigenvalue weighted by atomic mass is 10.1. The van der Waals surface area contributed by atoms with Crippen molar-refractivity contribution >= 4 is 11.5 Å². The Morgan fingerprint density at radius 3 is 2.59 bits per heavy atom. The SMILES string of the molecule is CCCC(=O)Cc1c([N+](=O)[O-])c(C)nn1CC. The van der Waals surface area contributed by atoms with Crippen molar-refractivity contribution in [2.75, 3.05) is 0 Å². The smallest absolute Gasteiger partial charge is 0.299 e. The maximum atomic E-state index is 11.6. The molecule has 0 unspecified atom stereocenters. The van der Waals surface area contributed by atoms with Crippen molar-refractivity contribution in [3.05, 3.63) is 21.5 Å². The summed E-state index contributed by atoms with van der Waals surface area (Å²) < 4.78 is 1.54. The Morgan fingerprint density at radius 1 is 1.47 bits per heavy atom. The van der Waals surface area contributed by atoms with Crippen molar-refractivity contribution < 1.29 is 9.72 Å². The predicted molar refractivity (Wildman–Crippen MR) is 62.9 cm³/mol. The standard InChI is InChI=1S/C11H17N3O3/c1-4-6-9(15)7-10-11(14(16)17)8(3)12-13(10)5-2/h4-7H2,1-3H3. The van der Waals surface area contributed by atoms with Crippen molar-refractivity contribution in [3.8, 4) is 0 Å². The number of carbonyl (C=O) groups is 1. The fraction of sp³-hybridized carbons (Fsp3) is 0.636. The molecule has 0 amide bonds. The van der Waals surface area contributed by atoms with Gasteiger partial charge < -0.3 is 0 Å². The van der Waals surface area contributed by atoms with Gasteiger partial charge in [0.2, 0.25) is 0 Å². The fourth-order valence-corrected chi connectivity index (χ4v) is 1.85. The molecule has 0 N–H and O–H groups in total. The highest BCUT2D eigenvalue weighted by molar-refractivity contribution is 5.81. The van der Waals surface area contributed by atoms with Crippen LogP contribution in [0.1, 0.15) is 38.1 Å². The van der Waals surface area contributed by atoms with Gasteiger partial charge in [-0.2, -0.15) is 5.10 Å². The van der Waals surface area contributed by atoms with Crippen LogP contribution in [0.2, 0.25) is 0 Å². The number of rotatable bonds is 6. The molecule has 94 valence electrons. The average molecular weight is 239 g/mol. The molecule has 17 heavy (non-hydrogen) atoms. The first-order valence-corrected chi connectivity index (χ1v) is 5.73. The average Bonchev–Trinajstić information content (AvgIpc) is 2.55.